The van der Waals surface area contributed by atoms with Gasteiger partial charge >= 0.3 is 0 Å². The zero-order valence-corrected chi connectivity index (χ0v) is 21.1. The van der Waals surface area contributed by atoms with Crippen LogP contribution in [-0.4, -0.2) is 50.0 Å². The van der Waals surface area contributed by atoms with E-state index in [0.717, 1.165) is 5.69 Å². The van der Waals surface area contributed by atoms with Crippen LogP contribution in [-0.2, 0) is 26.9 Å². The summed E-state index contributed by atoms with van der Waals surface area (Å²) in [5.74, 6) is -1.10. The molecule has 3 aromatic carbocycles. The summed E-state index contributed by atoms with van der Waals surface area (Å²) in [5, 5.41) is 1.20. The fourth-order valence-corrected chi connectivity index (χ4v) is 6.49. The first kappa shape index (κ1) is 24.3. The summed E-state index contributed by atoms with van der Waals surface area (Å²) in [7, 11) is -3.85. The Morgan fingerprint density at radius 2 is 1.56 bits per heavy atom. The second kappa shape index (κ2) is 9.95. The number of aromatic nitrogens is 1. The molecule has 1 aromatic heterocycles. The van der Waals surface area contributed by atoms with Gasteiger partial charge in [0, 0.05) is 48.8 Å². The molecule has 1 fully saturated rings. The molecule has 0 spiro atoms. The zero-order valence-electron chi connectivity index (χ0n) is 19.5. The molecule has 0 bridgehead atoms. The number of carbonyl (C=O) groups is 1. The summed E-state index contributed by atoms with van der Waals surface area (Å²) >= 11 is 6.32. The number of amides is 1. The number of para-hydroxylation sites is 2. The SMILES string of the molecule is O=C(Cn1cc(S(=O)(=O)Cc2ccccc2F)c2ccccc21)N1CCN(c2ccccc2Cl)CC1. The van der Waals surface area contributed by atoms with Gasteiger partial charge in [0.2, 0.25) is 5.91 Å². The van der Waals surface area contributed by atoms with E-state index in [1.807, 2.05) is 24.3 Å². The zero-order chi connectivity index (χ0) is 25.3. The number of fused-ring (bicyclic) bond motifs is 1. The molecule has 0 aliphatic carbocycles. The van der Waals surface area contributed by atoms with Crippen LogP contribution in [0.2, 0.25) is 5.02 Å². The molecule has 36 heavy (non-hydrogen) atoms. The molecule has 1 saturated heterocycles. The van der Waals surface area contributed by atoms with Gasteiger partial charge < -0.3 is 14.4 Å². The Bertz CT molecular complexity index is 1530. The van der Waals surface area contributed by atoms with Gasteiger partial charge in [-0.2, -0.15) is 0 Å². The van der Waals surface area contributed by atoms with Gasteiger partial charge in [-0.15, -0.1) is 0 Å². The molecule has 4 aromatic rings. The molecule has 9 heteroatoms. The molecule has 1 aliphatic rings. The lowest BCUT2D eigenvalue weighted by Crippen LogP contribution is -2.49. The van der Waals surface area contributed by atoms with Crippen LogP contribution in [0.5, 0.6) is 0 Å². The summed E-state index contributed by atoms with van der Waals surface area (Å²) in [5.41, 5.74) is 1.71. The van der Waals surface area contributed by atoms with E-state index in [9.17, 15) is 17.6 Å². The predicted molar refractivity (Wildman–Crippen MR) is 139 cm³/mol. The summed E-state index contributed by atoms with van der Waals surface area (Å²) < 4.78 is 42.4. The van der Waals surface area contributed by atoms with Crippen LogP contribution < -0.4 is 4.90 Å². The number of anilines is 1. The molecule has 6 nitrogen and oxygen atoms in total. The second-order valence-electron chi connectivity index (χ2n) is 8.81. The number of piperazine rings is 1. The molecule has 186 valence electrons. The smallest absolute Gasteiger partial charge is 0.242 e. The lowest BCUT2D eigenvalue weighted by molar-refractivity contribution is -0.132. The van der Waals surface area contributed by atoms with Crippen LogP contribution in [0, 0.1) is 5.82 Å². The average Bonchev–Trinajstić information content (AvgIpc) is 3.25. The van der Waals surface area contributed by atoms with E-state index in [1.54, 1.807) is 39.8 Å². The first-order valence-electron chi connectivity index (χ1n) is 11.6. The first-order chi connectivity index (χ1) is 17.3. The van der Waals surface area contributed by atoms with Crippen LogP contribution in [0.1, 0.15) is 5.56 Å². The predicted octanol–water partition coefficient (Wildman–Crippen LogP) is 4.76. The molecule has 5 rings (SSSR count). The number of halogens is 2. The average molecular weight is 526 g/mol. The Morgan fingerprint density at radius 3 is 2.31 bits per heavy atom. The molecule has 0 unspecified atom stereocenters. The van der Waals surface area contributed by atoms with Crippen molar-refractivity contribution < 1.29 is 17.6 Å². The van der Waals surface area contributed by atoms with Crippen molar-refractivity contribution in [2.75, 3.05) is 31.1 Å². The van der Waals surface area contributed by atoms with Gasteiger partial charge in [0.15, 0.2) is 9.84 Å². The third kappa shape index (κ3) is 4.83. The van der Waals surface area contributed by atoms with Gasteiger partial charge in [0.25, 0.3) is 0 Å². The van der Waals surface area contributed by atoms with Crippen LogP contribution >= 0.6 is 11.6 Å². The summed E-state index contributed by atoms with van der Waals surface area (Å²) in [4.78, 5) is 17.2. The largest absolute Gasteiger partial charge is 0.367 e. The maximum absolute atomic E-state index is 14.2. The van der Waals surface area contributed by atoms with Crippen molar-refractivity contribution in [2.45, 2.75) is 17.2 Å². The molecule has 1 aliphatic heterocycles. The van der Waals surface area contributed by atoms with Crippen molar-refractivity contribution in [3.63, 3.8) is 0 Å². The van der Waals surface area contributed by atoms with Crippen molar-refractivity contribution in [3.8, 4) is 0 Å². The van der Waals surface area contributed by atoms with Crippen molar-refractivity contribution in [1.29, 1.82) is 0 Å². The molecule has 2 heterocycles. The summed E-state index contributed by atoms with van der Waals surface area (Å²) in [6.45, 7) is 2.42. The van der Waals surface area contributed by atoms with Crippen molar-refractivity contribution in [2.24, 2.45) is 0 Å². The van der Waals surface area contributed by atoms with E-state index in [1.165, 1.54) is 24.4 Å². The summed E-state index contributed by atoms with van der Waals surface area (Å²) in [6, 6.07) is 20.6. The second-order valence-corrected chi connectivity index (χ2v) is 11.2. The lowest BCUT2D eigenvalue weighted by atomic mass is 10.2. The monoisotopic (exact) mass is 525 g/mol. The van der Waals surface area contributed by atoms with Gasteiger partial charge in [-0.25, -0.2) is 12.8 Å². The number of benzene rings is 3. The quantitative estimate of drug-likeness (QED) is 0.364. The normalized spacial score (nSPS) is 14.4. The van der Waals surface area contributed by atoms with E-state index in [-0.39, 0.29) is 22.9 Å². The lowest BCUT2D eigenvalue weighted by Gasteiger charge is -2.36. The Labute approximate surface area is 214 Å². The number of hydrogen-bond acceptors (Lipinski definition) is 4. The molecular weight excluding hydrogens is 501 g/mol. The van der Waals surface area contributed by atoms with Crippen molar-refractivity contribution in [3.05, 3.63) is 95.4 Å². The minimum Gasteiger partial charge on any atom is -0.367 e. The maximum atomic E-state index is 14.2. The van der Waals surface area contributed by atoms with Crippen LogP contribution in [0.4, 0.5) is 10.1 Å². The van der Waals surface area contributed by atoms with Gasteiger partial charge in [0.1, 0.15) is 12.4 Å². The van der Waals surface area contributed by atoms with Gasteiger partial charge in [-0.1, -0.05) is 60.1 Å². The van der Waals surface area contributed by atoms with E-state index >= 15 is 0 Å². The molecule has 0 radical (unpaired) electrons. The highest BCUT2D eigenvalue weighted by atomic mass is 35.5. The highest BCUT2D eigenvalue weighted by molar-refractivity contribution is 7.90. The first-order valence-corrected chi connectivity index (χ1v) is 13.7. The molecule has 0 saturated carbocycles. The topological polar surface area (TPSA) is 62.6 Å². The number of nitrogens with zero attached hydrogens (tertiary/aromatic N) is 3. The third-order valence-electron chi connectivity index (χ3n) is 6.52. The van der Waals surface area contributed by atoms with E-state index < -0.39 is 21.4 Å². The number of hydrogen-bond donors (Lipinski definition) is 0. The Balaban J connectivity index is 1.35. The van der Waals surface area contributed by atoms with Gasteiger partial charge in [-0.05, 0) is 24.3 Å². The fourth-order valence-electron chi connectivity index (χ4n) is 4.64. The Morgan fingerprint density at radius 1 is 0.889 bits per heavy atom. The number of carbonyl (C=O) groups excluding carboxylic acids is 1. The van der Waals surface area contributed by atoms with E-state index in [4.69, 9.17) is 11.6 Å². The van der Waals surface area contributed by atoms with Crippen molar-refractivity contribution in [1.82, 2.24) is 9.47 Å². The molecule has 0 N–H and O–H groups in total. The molecule has 1 amide bonds. The molecular formula is C27H25ClFN3O3S. The van der Waals surface area contributed by atoms with Gasteiger partial charge in [0.05, 0.1) is 21.4 Å². The standard InChI is InChI=1S/C27H25ClFN3O3S/c28-22-9-3-6-12-25(22)30-13-15-31(16-14-30)27(33)18-32-17-26(21-8-2-5-11-24(21)32)36(34,35)19-20-7-1-4-10-23(20)29/h1-12,17H,13-16,18-19H2. The Kier molecular flexibility index (Phi) is 6.73. The van der Waals surface area contributed by atoms with Gasteiger partial charge in [-0.3, -0.25) is 4.79 Å². The van der Waals surface area contributed by atoms with E-state index in [2.05, 4.69) is 4.90 Å². The highest BCUT2D eigenvalue weighted by Gasteiger charge is 2.26. The molecule has 0 atom stereocenters. The minimum absolute atomic E-state index is 0.0157. The van der Waals surface area contributed by atoms with Crippen LogP contribution in [0.25, 0.3) is 10.9 Å². The minimum atomic E-state index is -3.85. The van der Waals surface area contributed by atoms with Crippen molar-refractivity contribution >= 4 is 43.9 Å². The maximum Gasteiger partial charge on any atom is 0.242 e. The fraction of sp³-hybridized carbons (Fsp3) is 0.222. The van der Waals surface area contributed by atoms with Crippen LogP contribution in [0.3, 0.4) is 0 Å². The third-order valence-corrected chi connectivity index (χ3v) is 8.53. The van der Waals surface area contributed by atoms with E-state index in [0.29, 0.717) is 42.1 Å². The number of sulfone groups is 1. The summed E-state index contributed by atoms with van der Waals surface area (Å²) in [6.07, 6.45) is 1.50. The Hall–Kier alpha value is -3.36. The van der Waals surface area contributed by atoms with Crippen LogP contribution in [0.15, 0.2) is 83.9 Å². The number of rotatable bonds is 6. The highest BCUT2D eigenvalue weighted by Crippen LogP contribution is 2.29.